The molecule has 1 heterocycles. The van der Waals surface area contributed by atoms with Gasteiger partial charge in [0, 0.05) is 24.4 Å². The third-order valence-electron chi connectivity index (χ3n) is 3.72. The van der Waals surface area contributed by atoms with Gasteiger partial charge in [0.2, 0.25) is 0 Å². The fourth-order valence-electron chi connectivity index (χ4n) is 2.47. The Morgan fingerprint density at radius 3 is 2.56 bits per heavy atom. The van der Waals surface area contributed by atoms with Crippen molar-refractivity contribution in [3.05, 3.63) is 93.6 Å². The van der Waals surface area contributed by atoms with Crippen LogP contribution in [-0.2, 0) is 17.9 Å². The van der Waals surface area contributed by atoms with E-state index >= 15 is 0 Å². The van der Waals surface area contributed by atoms with Crippen LogP contribution in [0.4, 0.5) is 13.2 Å². The van der Waals surface area contributed by atoms with Gasteiger partial charge in [0.1, 0.15) is 29.8 Å². The second-order valence-electron chi connectivity index (χ2n) is 5.64. The molecule has 1 aliphatic heterocycles. The summed E-state index contributed by atoms with van der Waals surface area (Å²) in [6.45, 7) is 1.11. The highest BCUT2D eigenvalue weighted by molar-refractivity contribution is 9.11. The quantitative estimate of drug-likeness (QED) is 0.667. The number of hydrogen-bond acceptors (Lipinski definition) is 2. The van der Waals surface area contributed by atoms with Crippen molar-refractivity contribution in [2.75, 3.05) is 6.54 Å². The highest BCUT2D eigenvalue weighted by Gasteiger charge is 2.14. The maximum atomic E-state index is 13.6. The second kappa shape index (κ2) is 7.78. The summed E-state index contributed by atoms with van der Waals surface area (Å²) in [6, 6.07) is 9.83. The lowest BCUT2D eigenvalue weighted by molar-refractivity contribution is 0.199. The fourth-order valence-corrected chi connectivity index (χ4v) is 3.04. The van der Waals surface area contributed by atoms with Gasteiger partial charge < -0.3 is 9.64 Å². The Hall–Kier alpha value is -2.21. The lowest BCUT2D eigenvalue weighted by Crippen LogP contribution is -2.22. The Morgan fingerprint density at radius 2 is 1.84 bits per heavy atom. The lowest BCUT2D eigenvalue weighted by atomic mass is 10.2. The first-order valence-electron chi connectivity index (χ1n) is 7.63. The minimum Gasteiger partial charge on any atom is -0.488 e. The molecule has 2 aromatic rings. The summed E-state index contributed by atoms with van der Waals surface area (Å²) in [5.41, 5.74) is 1.15. The number of allylic oxidation sites excluding steroid dienone is 1. The van der Waals surface area contributed by atoms with Crippen LogP contribution in [0.3, 0.4) is 0 Å². The summed E-state index contributed by atoms with van der Waals surface area (Å²) in [6.07, 6.45) is 3.60. The molecule has 0 bridgehead atoms. The van der Waals surface area contributed by atoms with Crippen LogP contribution in [-0.4, -0.2) is 11.4 Å². The van der Waals surface area contributed by atoms with Crippen molar-refractivity contribution in [1.29, 1.82) is 0 Å². The molecule has 0 aliphatic carbocycles. The van der Waals surface area contributed by atoms with Gasteiger partial charge in [-0.25, -0.2) is 13.2 Å². The van der Waals surface area contributed by atoms with Crippen molar-refractivity contribution in [2.24, 2.45) is 0 Å². The van der Waals surface area contributed by atoms with Gasteiger partial charge in [-0.05, 0) is 51.8 Å². The zero-order valence-corrected chi connectivity index (χ0v) is 14.8. The van der Waals surface area contributed by atoms with Crippen LogP contribution in [0.25, 0.3) is 0 Å². The molecule has 0 amide bonds. The van der Waals surface area contributed by atoms with Gasteiger partial charge in [-0.3, -0.25) is 0 Å². The van der Waals surface area contributed by atoms with Crippen molar-refractivity contribution >= 4 is 15.9 Å². The van der Waals surface area contributed by atoms with Gasteiger partial charge in [-0.2, -0.15) is 0 Å². The summed E-state index contributed by atoms with van der Waals surface area (Å²) in [5.74, 6) is -0.936. The number of halogens is 4. The normalized spacial score (nSPS) is 14.2. The van der Waals surface area contributed by atoms with Crippen LogP contribution < -0.4 is 0 Å². The molecule has 130 valence electrons. The van der Waals surface area contributed by atoms with E-state index in [1.165, 1.54) is 24.3 Å². The molecule has 0 unspecified atom stereocenters. The molecule has 0 N–H and O–H groups in total. The molecule has 25 heavy (non-hydrogen) atoms. The van der Waals surface area contributed by atoms with Crippen LogP contribution in [0.5, 0.6) is 0 Å². The minimum atomic E-state index is -0.635. The molecule has 0 aromatic heterocycles. The molecule has 6 heteroatoms. The van der Waals surface area contributed by atoms with Gasteiger partial charge in [0.25, 0.3) is 0 Å². The summed E-state index contributed by atoms with van der Waals surface area (Å²) in [5, 5.41) is 0. The van der Waals surface area contributed by atoms with Crippen LogP contribution in [0.15, 0.2) is 65.0 Å². The molecule has 0 radical (unpaired) electrons. The van der Waals surface area contributed by atoms with E-state index in [0.29, 0.717) is 18.8 Å². The summed E-state index contributed by atoms with van der Waals surface area (Å²) < 4.78 is 46.2. The highest BCUT2D eigenvalue weighted by Crippen LogP contribution is 2.24. The number of ether oxygens (including phenoxy) is 1. The third-order valence-corrected chi connectivity index (χ3v) is 4.36. The van der Waals surface area contributed by atoms with E-state index in [0.717, 1.165) is 16.1 Å². The molecule has 0 fully saturated rings. The van der Waals surface area contributed by atoms with Crippen molar-refractivity contribution in [2.45, 2.75) is 13.2 Å². The SMILES string of the molecule is Fc1cccc(CN2C=CC(OCc3ccc(F)cc3F)=C(Br)C2)c1. The van der Waals surface area contributed by atoms with E-state index in [-0.39, 0.29) is 18.0 Å². The first-order chi connectivity index (χ1) is 12.0. The predicted molar refractivity (Wildman–Crippen MR) is 93.1 cm³/mol. The molecule has 0 spiro atoms. The van der Waals surface area contributed by atoms with Crippen molar-refractivity contribution in [3.8, 4) is 0 Å². The van der Waals surface area contributed by atoms with E-state index in [1.807, 2.05) is 17.2 Å². The summed E-state index contributed by atoms with van der Waals surface area (Å²) >= 11 is 3.46. The van der Waals surface area contributed by atoms with Gasteiger partial charge in [0.15, 0.2) is 0 Å². The van der Waals surface area contributed by atoms with Gasteiger partial charge in [-0.15, -0.1) is 0 Å². The fraction of sp³-hybridized carbons (Fsp3) is 0.158. The molecule has 0 atom stereocenters. The smallest absolute Gasteiger partial charge is 0.133 e. The summed E-state index contributed by atoms with van der Waals surface area (Å²) in [7, 11) is 0. The van der Waals surface area contributed by atoms with Gasteiger partial charge in [-0.1, -0.05) is 12.1 Å². The Labute approximate surface area is 152 Å². The molecule has 1 aliphatic rings. The lowest BCUT2D eigenvalue weighted by Gasteiger charge is -2.25. The van der Waals surface area contributed by atoms with Crippen molar-refractivity contribution in [1.82, 2.24) is 4.90 Å². The largest absolute Gasteiger partial charge is 0.488 e. The van der Waals surface area contributed by atoms with Crippen LogP contribution >= 0.6 is 15.9 Å². The zero-order valence-electron chi connectivity index (χ0n) is 13.2. The van der Waals surface area contributed by atoms with E-state index in [4.69, 9.17) is 4.74 Å². The Morgan fingerprint density at radius 1 is 1.04 bits per heavy atom. The average molecular weight is 410 g/mol. The maximum absolute atomic E-state index is 13.6. The van der Waals surface area contributed by atoms with E-state index < -0.39 is 11.6 Å². The molecule has 0 saturated carbocycles. The van der Waals surface area contributed by atoms with Gasteiger partial charge >= 0.3 is 0 Å². The van der Waals surface area contributed by atoms with E-state index in [1.54, 1.807) is 12.1 Å². The number of nitrogens with zero attached hydrogens (tertiary/aromatic N) is 1. The van der Waals surface area contributed by atoms with E-state index in [2.05, 4.69) is 15.9 Å². The first-order valence-corrected chi connectivity index (χ1v) is 8.42. The number of benzene rings is 2. The van der Waals surface area contributed by atoms with Crippen molar-refractivity contribution in [3.63, 3.8) is 0 Å². The maximum Gasteiger partial charge on any atom is 0.133 e. The molecular weight excluding hydrogens is 395 g/mol. The highest BCUT2D eigenvalue weighted by atomic mass is 79.9. The Kier molecular flexibility index (Phi) is 5.48. The average Bonchev–Trinajstić information content (AvgIpc) is 2.55. The Balaban J connectivity index is 1.60. The molecule has 3 rings (SSSR count). The number of rotatable bonds is 5. The zero-order chi connectivity index (χ0) is 17.8. The first kappa shape index (κ1) is 17.6. The van der Waals surface area contributed by atoms with E-state index in [9.17, 15) is 13.2 Å². The molecule has 0 saturated heterocycles. The van der Waals surface area contributed by atoms with Crippen LogP contribution in [0.1, 0.15) is 11.1 Å². The topological polar surface area (TPSA) is 12.5 Å². The van der Waals surface area contributed by atoms with Gasteiger partial charge in [0.05, 0.1) is 11.0 Å². The molecule has 2 nitrogen and oxygen atoms in total. The predicted octanol–water partition coefficient (Wildman–Crippen LogP) is 5.26. The second-order valence-corrected chi connectivity index (χ2v) is 6.60. The van der Waals surface area contributed by atoms with Crippen LogP contribution in [0, 0.1) is 17.5 Å². The standard InChI is InChI=1S/C19H15BrF3NO/c20-17-11-24(10-13-2-1-3-15(21)8-13)7-6-19(17)25-12-14-4-5-16(22)9-18(14)23/h1-9H,10-12H2. The molecule has 2 aromatic carbocycles. The minimum absolute atomic E-state index is 0.00475. The monoisotopic (exact) mass is 409 g/mol. The molecular formula is C19H15BrF3NO. The third kappa shape index (κ3) is 4.66. The Bertz CT molecular complexity index is 835. The number of hydrogen-bond donors (Lipinski definition) is 0. The van der Waals surface area contributed by atoms with Crippen LogP contribution in [0.2, 0.25) is 0 Å². The summed E-state index contributed by atoms with van der Waals surface area (Å²) in [4.78, 5) is 1.99. The van der Waals surface area contributed by atoms with Crippen molar-refractivity contribution < 1.29 is 17.9 Å².